The van der Waals surface area contributed by atoms with Gasteiger partial charge in [-0.25, -0.2) is 9.37 Å². The van der Waals surface area contributed by atoms with Crippen molar-refractivity contribution in [3.05, 3.63) is 34.3 Å². The van der Waals surface area contributed by atoms with Gasteiger partial charge in [-0.05, 0) is 39.1 Å². The fraction of sp³-hybridized carbons (Fsp3) is 0.111. The Balaban J connectivity index is 2.32. The summed E-state index contributed by atoms with van der Waals surface area (Å²) < 4.78 is 18.9. The molecule has 0 bridgehead atoms. The van der Waals surface area contributed by atoms with Crippen LogP contribution in [-0.4, -0.2) is 9.36 Å². The minimum atomic E-state index is -0.303. The molecule has 2 aromatic rings. The number of nitrogens with zero attached hydrogens (tertiary/aromatic N) is 2. The molecule has 3 nitrogen and oxygen atoms in total. The van der Waals surface area contributed by atoms with Crippen molar-refractivity contribution in [2.24, 2.45) is 5.73 Å². The Morgan fingerprint density at radius 2 is 2.31 bits per heavy atom. The largest absolute Gasteiger partial charge is 0.326 e. The van der Waals surface area contributed by atoms with E-state index in [1.807, 2.05) is 0 Å². The van der Waals surface area contributed by atoms with Gasteiger partial charge >= 0.3 is 0 Å². The number of hydrogen-bond donors (Lipinski definition) is 1. The highest BCUT2D eigenvalue weighted by molar-refractivity contribution is 9.10. The Morgan fingerprint density at radius 1 is 1.50 bits per heavy atom. The molecule has 0 aliphatic carbocycles. The lowest BCUT2D eigenvalue weighted by Gasteiger charge is -2.06. The number of benzene rings is 1. The summed E-state index contributed by atoms with van der Waals surface area (Å²) >= 11 is 5.69. The fourth-order valence-electron chi connectivity index (χ4n) is 1.11. The summed E-state index contributed by atoms with van der Waals surface area (Å²) in [5.74, 6) is -0.303. The van der Waals surface area contributed by atoms with E-state index in [9.17, 15) is 4.39 Å². The number of aromatic nitrogens is 2. The number of rotatable bonds is 3. The molecule has 84 valence electrons. The van der Waals surface area contributed by atoms with E-state index in [0.717, 1.165) is 5.56 Å². The van der Waals surface area contributed by atoms with Gasteiger partial charge in [0.2, 0.25) is 0 Å². The standard InChI is InChI=1S/C9H7BrFN3S2/c10-7-5(3-12)1-2-6(8(7)11)15-9-13-4-14-16-9/h1-2,4H,3,12H2. The number of nitrogens with two attached hydrogens (primary N) is 1. The third kappa shape index (κ3) is 2.42. The zero-order chi connectivity index (χ0) is 11.5. The summed E-state index contributed by atoms with van der Waals surface area (Å²) in [7, 11) is 0. The molecular weight excluding hydrogens is 313 g/mol. The van der Waals surface area contributed by atoms with Crippen LogP contribution in [0.3, 0.4) is 0 Å². The quantitative estimate of drug-likeness (QED) is 0.944. The van der Waals surface area contributed by atoms with Gasteiger partial charge in [0.1, 0.15) is 6.33 Å². The summed E-state index contributed by atoms with van der Waals surface area (Å²) in [6, 6.07) is 3.50. The van der Waals surface area contributed by atoms with Gasteiger partial charge in [-0.1, -0.05) is 17.8 Å². The lowest BCUT2D eigenvalue weighted by atomic mass is 10.2. The molecule has 1 heterocycles. The van der Waals surface area contributed by atoms with Crippen molar-refractivity contribution in [2.45, 2.75) is 15.8 Å². The molecule has 16 heavy (non-hydrogen) atoms. The molecule has 0 atom stereocenters. The van der Waals surface area contributed by atoms with Crippen molar-refractivity contribution in [3.63, 3.8) is 0 Å². The molecule has 7 heteroatoms. The van der Waals surface area contributed by atoms with Gasteiger partial charge < -0.3 is 5.73 Å². The van der Waals surface area contributed by atoms with E-state index < -0.39 is 0 Å². The van der Waals surface area contributed by atoms with Crippen molar-refractivity contribution in [1.29, 1.82) is 0 Å². The van der Waals surface area contributed by atoms with Crippen LogP contribution in [0.4, 0.5) is 4.39 Å². The molecule has 0 saturated carbocycles. The van der Waals surface area contributed by atoms with Crippen LogP contribution in [0, 0.1) is 5.82 Å². The zero-order valence-corrected chi connectivity index (χ0v) is 11.2. The maximum absolute atomic E-state index is 13.9. The van der Waals surface area contributed by atoms with Crippen molar-refractivity contribution in [2.75, 3.05) is 0 Å². The van der Waals surface area contributed by atoms with Crippen molar-refractivity contribution >= 4 is 39.2 Å². The number of halogens is 2. The van der Waals surface area contributed by atoms with Gasteiger partial charge in [0, 0.05) is 6.54 Å². The van der Waals surface area contributed by atoms with Crippen LogP contribution in [-0.2, 0) is 6.54 Å². The molecule has 1 aromatic carbocycles. The molecule has 2 rings (SSSR count). The molecule has 0 radical (unpaired) electrons. The lowest BCUT2D eigenvalue weighted by Crippen LogP contribution is -1.99. The van der Waals surface area contributed by atoms with Gasteiger partial charge in [0.25, 0.3) is 0 Å². The molecule has 0 spiro atoms. The first-order valence-corrected chi connectivity index (χ1v) is 6.72. The van der Waals surface area contributed by atoms with Crippen molar-refractivity contribution in [1.82, 2.24) is 9.36 Å². The lowest BCUT2D eigenvalue weighted by molar-refractivity contribution is 0.592. The Hall–Kier alpha value is -0.500. The summed E-state index contributed by atoms with van der Waals surface area (Å²) in [6.07, 6.45) is 1.45. The molecule has 0 fully saturated rings. The topological polar surface area (TPSA) is 51.8 Å². The predicted octanol–water partition coefficient (Wildman–Crippen LogP) is 3.05. The number of hydrogen-bond acceptors (Lipinski definition) is 5. The third-order valence-electron chi connectivity index (χ3n) is 1.89. The summed E-state index contributed by atoms with van der Waals surface area (Å²) in [5, 5.41) is 0. The van der Waals surface area contributed by atoms with E-state index in [4.69, 9.17) is 5.73 Å². The third-order valence-corrected chi connectivity index (χ3v) is 4.49. The van der Waals surface area contributed by atoms with Gasteiger partial charge in [-0.15, -0.1) is 0 Å². The fourth-order valence-corrected chi connectivity index (χ4v) is 3.19. The Kier molecular flexibility index (Phi) is 3.91. The Morgan fingerprint density at radius 3 is 2.94 bits per heavy atom. The first-order valence-electron chi connectivity index (χ1n) is 4.34. The van der Waals surface area contributed by atoms with Gasteiger partial charge in [0.05, 0.1) is 9.37 Å². The second kappa shape index (κ2) is 5.22. The van der Waals surface area contributed by atoms with Crippen LogP contribution < -0.4 is 5.73 Å². The van der Waals surface area contributed by atoms with Gasteiger partial charge in [-0.2, -0.15) is 4.37 Å². The Bertz CT molecular complexity index is 490. The monoisotopic (exact) mass is 319 g/mol. The van der Waals surface area contributed by atoms with Crippen LogP contribution >= 0.6 is 39.2 Å². The average molecular weight is 320 g/mol. The minimum Gasteiger partial charge on any atom is -0.326 e. The minimum absolute atomic E-state index is 0.303. The van der Waals surface area contributed by atoms with Crippen LogP contribution in [0.1, 0.15) is 5.56 Å². The van der Waals surface area contributed by atoms with Crippen LogP contribution in [0.5, 0.6) is 0 Å². The highest BCUT2D eigenvalue weighted by Gasteiger charge is 2.12. The smallest absolute Gasteiger partial charge is 0.174 e. The normalized spacial score (nSPS) is 10.7. The first kappa shape index (κ1) is 12.0. The highest BCUT2D eigenvalue weighted by atomic mass is 79.9. The van der Waals surface area contributed by atoms with Crippen LogP contribution in [0.15, 0.2) is 32.2 Å². The molecular formula is C9H7BrFN3S2. The van der Waals surface area contributed by atoms with E-state index in [2.05, 4.69) is 25.3 Å². The van der Waals surface area contributed by atoms with E-state index in [1.54, 1.807) is 12.1 Å². The SMILES string of the molecule is NCc1ccc(Sc2ncns2)c(F)c1Br. The van der Waals surface area contributed by atoms with Crippen molar-refractivity contribution < 1.29 is 4.39 Å². The summed E-state index contributed by atoms with van der Waals surface area (Å²) in [5.41, 5.74) is 6.23. The molecule has 1 aromatic heterocycles. The average Bonchev–Trinajstić information content (AvgIpc) is 2.78. The Labute approximate surface area is 109 Å². The molecule has 0 unspecified atom stereocenters. The molecule has 0 aliphatic rings. The van der Waals surface area contributed by atoms with Gasteiger partial charge in [-0.3, -0.25) is 0 Å². The molecule has 0 saturated heterocycles. The predicted molar refractivity (Wildman–Crippen MR) is 66.0 cm³/mol. The van der Waals surface area contributed by atoms with Gasteiger partial charge in [0.15, 0.2) is 10.2 Å². The van der Waals surface area contributed by atoms with E-state index in [0.29, 0.717) is 20.3 Å². The summed E-state index contributed by atoms with van der Waals surface area (Å²) in [6.45, 7) is 0.307. The second-order valence-corrected chi connectivity index (χ2v) is 5.73. The highest BCUT2D eigenvalue weighted by Crippen LogP contribution is 2.34. The maximum Gasteiger partial charge on any atom is 0.174 e. The van der Waals surface area contributed by atoms with Crippen molar-refractivity contribution in [3.8, 4) is 0 Å². The van der Waals surface area contributed by atoms with Crippen LogP contribution in [0.25, 0.3) is 0 Å². The maximum atomic E-state index is 13.9. The first-order chi connectivity index (χ1) is 7.72. The van der Waals surface area contributed by atoms with E-state index in [1.165, 1.54) is 29.6 Å². The summed E-state index contributed by atoms with van der Waals surface area (Å²) in [4.78, 5) is 4.50. The zero-order valence-electron chi connectivity index (χ0n) is 7.98. The molecule has 2 N–H and O–H groups in total. The molecule has 0 amide bonds. The van der Waals surface area contributed by atoms with E-state index in [-0.39, 0.29) is 5.82 Å². The van der Waals surface area contributed by atoms with Crippen LogP contribution in [0.2, 0.25) is 0 Å². The molecule has 0 aliphatic heterocycles. The van der Waals surface area contributed by atoms with E-state index >= 15 is 0 Å². The second-order valence-electron chi connectivity index (χ2n) is 2.86.